The first-order chi connectivity index (χ1) is 13.7. The molecule has 9 heteroatoms. The standard InChI is InChI=1S/C20H24F3N3O3/c1-2-16-11-18(25-29-16)19(27)26(15-8-6-14(24)7-9-15)12-13-4-3-5-17(10-13)28-20(21,22)23/h3-5,10-11,14-15H,2,6-9,12,24H2,1H3/t14-,15-. The molecule has 0 radical (unpaired) electrons. The Balaban J connectivity index is 1.83. The number of rotatable bonds is 6. The molecule has 0 atom stereocenters. The van der Waals surface area contributed by atoms with Crippen LogP contribution >= 0.6 is 0 Å². The van der Waals surface area contributed by atoms with Gasteiger partial charge < -0.3 is 19.9 Å². The van der Waals surface area contributed by atoms with E-state index in [-0.39, 0.29) is 36.0 Å². The smallest absolute Gasteiger partial charge is 0.406 e. The van der Waals surface area contributed by atoms with Crippen molar-refractivity contribution in [2.45, 2.75) is 64.0 Å². The first-order valence-electron chi connectivity index (χ1n) is 9.62. The zero-order valence-electron chi connectivity index (χ0n) is 16.1. The molecule has 1 amide bonds. The molecular formula is C20H24F3N3O3. The van der Waals surface area contributed by atoms with Crippen molar-refractivity contribution in [3.8, 4) is 5.75 Å². The van der Waals surface area contributed by atoms with Crippen LogP contribution in [0.4, 0.5) is 13.2 Å². The number of aryl methyl sites for hydroxylation is 1. The summed E-state index contributed by atoms with van der Waals surface area (Å²) in [7, 11) is 0. The maximum atomic E-state index is 13.1. The van der Waals surface area contributed by atoms with Crippen LogP contribution in [-0.2, 0) is 13.0 Å². The van der Waals surface area contributed by atoms with Crippen molar-refractivity contribution in [2.75, 3.05) is 0 Å². The molecule has 1 aromatic carbocycles. The van der Waals surface area contributed by atoms with Gasteiger partial charge in [0.15, 0.2) is 5.69 Å². The highest BCUT2D eigenvalue weighted by molar-refractivity contribution is 5.92. The normalized spacial score (nSPS) is 19.8. The number of ether oxygens (including phenoxy) is 1. The lowest BCUT2D eigenvalue weighted by molar-refractivity contribution is -0.274. The molecule has 1 heterocycles. The summed E-state index contributed by atoms with van der Waals surface area (Å²) in [6, 6.07) is 7.30. The highest BCUT2D eigenvalue weighted by Gasteiger charge is 2.32. The van der Waals surface area contributed by atoms with E-state index in [1.807, 2.05) is 6.92 Å². The minimum Gasteiger partial charge on any atom is -0.406 e. The van der Waals surface area contributed by atoms with Crippen molar-refractivity contribution < 1.29 is 27.2 Å². The minimum absolute atomic E-state index is 0.0729. The summed E-state index contributed by atoms with van der Waals surface area (Å²) in [5.74, 6) is -0.0293. The average Bonchev–Trinajstić information content (AvgIpc) is 3.15. The largest absolute Gasteiger partial charge is 0.573 e. The molecule has 158 valence electrons. The Labute approximate surface area is 166 Å². The third kappa shape index (κ3) is 5.72. The summed E-state index contributed by atoms with van der Waals surface area (Å²) in [5.41, 5.74) is 6.71. The molecule has 0 spiro atoms. The molecule has 3 rings (SSSR count). The summed E-state index contributed by atoms with van der Waals surface area (Å²) < 4.78 is 46.7. The van der Waals surface area contributed by atoms with E-state index < -0.39 is 6.36 Å². The fourth-order valence-electron chi connectivity index (χ4n) is 3.55. The molecule has 2 aromatic rings. The molecule has 29 heavy (non-hydrogen) atoms. The zero-order chi connectivity index (χ0) is 21.0. The number of halogens is 3. The number of amides is 1. The molecule has 0 unspecified atom stereocenters. The number of aromatic nitrogens is 1. The molecule has 6 nitrogen and oxygen atoms in total. The van der Waals surface area contributed by atoms with Crippen LogP contribution in [0.3, 0.4) is 0 Å². The molecule has 0 saturated heterocycles. The van der Waals surface area contributed by atoms with Crippen LogP contribution < -0.4 is 10.5 Å². The Kier molecular flexibility index (Phi) is 6.46. The van der Waals surface area contributed by atoms with Gasteiger partial charge in [0.1, 0.15) is 11.5 Å². The van der Waals surface area contributed by atoms with Crippen molar-refractivity contribution in [3.63, 3.8) is 0 Å². The highest BCUT2D eigenvalue weighted by atomic mass is 19.4. The van der Waals surface area contributed by atoms with Crippen molar-refractivity contribution in [1.82, 2.24) is 10.1 Å². The Morgan fingerprint density at radius 3 is 2.62 bits per heavy atom. The first kappa shape index (κ1) is 21.2. The predicted octanol–water partition coefficient (Wildman–Crippen LogP) is 4.05. The molecule has 1 aliphatic rings. The van der Waals surface area contributed by atoms with Gasteiger partial charge in [-0.3, -0.25) is 4.79 Å². The van der Waals surface area contributed by atoms with E-state index in [0.717, 1.165) is 25.7 Å². The van der Waals surface area contributed by atoms with Crippen LogP contribution in [0.5, 0.6) is 5.75 Å². The monoisotopic (exact) mass is 411 g/mol. The molecule has 1 saturated carbocycles. The van der Waals surface area contributed by atoms with Crippen molar-refractivity contribution in [3.05, 3.63) is 47.3 Å². The topological polar surface area (TPSA) is 81.6 Å². The molecule has 0 bridgehead atoms. The van der Waals surface area contributed by atoms with E-state index >= 15 is 0 Å². The van der Waals surface area contributed by atoms with Gasteiger partial charge in [0.2, 0.25) is 0 Å². The number of nitrogens with two attached hydrogens (primary N) is 1. The van der Waals surface area contributed by atoms with Gasteiger partial charge >= 0.3 is 6.36 Å². The van der Waals surface area contributed by atoms with Crippen LogP contribution in [0.15, 0.2) is 34.9 Å². The van der Waals surface area contributed by atoms with E-state index in [1.54, 1.807) is 17.0 Å². The second-order valence-corrected chi connectivity index (χ2v) is 7.23. The second kappa shape index (κ2) is 8.86. The van der Waals surface area contributed by atoms with Crippen molar-refractivity contribution >= 4 is 5.91 Å². The zero-order valence-corrected chi connectivity index (χ0v) is 16.1. The van der Waals surface area contributed by atoms with Gasteiger partial charge in [-0.15, -0.1) is 13.2 Å². The SMILES string of the molecule is CCc1cc(C(=O)N(Cc2cccc(OC(F)(F)F)c2)[C@H]2CC[C@H](N)CC2)no1. The van der Waals surface area contributed by atoms with Crippen LogP contribution in [0.2, 0.25) is 0 Å². The molecule has 1 fully saturated rings. The quantitative estimate of drug-likeness (QED) is 0.776. The van der Waals surface area contributed by atoms with Gasteiger partial charge in [-0.05, 0) is 43.4 Å². The maximum absolute atomic E-state index is 13.1. The Bertz CT molecular complexity index is 830. The molecule has 1 aliphatic carbocycles. The lowest BCUT2D eigenvalue weighted by atomic mass is 9.90. The first-order valence-corrected chi connectivity index (χ1v) is 9.62. The van der Waals surface area contributed by atoms with Crippen LogP contribution in [0, 0.1) is 0 Å². The van der Waals surface area contributed by atoms with E-state index in [4.69, 9.17) is 10.3 Å². The van der Waals surface area contributed by atoms with Gasteiger partial charge in [-0.2, -0.15) is 0 Å². The second-order valence-electron chi connectivity index (χ2n) is 7.23. The van der Waals surface area contributed by atoms with Crippen LogP contribution in [-0.4, -0.2) is 34.4 Å². The van der Waals surface area contributed by atoms with E-state index in [1.165, 1.54) is 18.2 Å². The van der Waals surface area contributed by atoms with Gasteiger partial charge in [-0.1, -0.05) is 24.2 Å². The number of alkyl halides is 3. The van der Waals surface area contributed by atoms with Crippen molar-refractivity contribution in [2.24, 2.45) is 5.73 Å². The number of hydrogen-bond acceptors (Lipinski definition) is 5. The van der Waals surface area contributed by atoms with Gasteiger partial charge in [0, 0.05) is 31.1 Å². The fraction of sp³-hybridized carbons (Fsp3) is 0.500. The number of nitrogens with zero attached hydrogens (tertiary/aromatic N) is 2. The van der Waals surface area contributed by atoms with Crippen molar-refractivity contribution in [1.29, 1.82) is 0 Å². The summed E-state index contributed by atoms with van der Waals surface area (Å²) >= 11 is 0. The third-order valence-corrected chi connectivity index (χ3v) is 5.05. The van der Waals surface area contributed by atoms with Crippen LogP contribution in [0.25, 0.3) is 0 Å². The Morgan fingerprint density at radius 2 is 2.00 bits per heavy atom. The summed E-state index contributed by atoms with van der Waals surface area (Å²) in [6.45, 7) is 2.03. The van der Waals surface area contributed by atoms with Crippen LogP contribution in [0.1, 0.15) is 54.4 Å². The average molecular weight is 411 g/mol. The number of carbonyl (C=O) groups excluding carboxylic acids is 1. The lowest BCUT2D eigenvalue weighted by Crippen LogP contribution is -2.44. The van der Waals surface area contributed by atoms with E-state index in [9.17, 15) is 18.0 Å². The highest BCUT2D eigenvalue weighted by Crippen LogP contribution is 2.28. The number of carbonyl (C=O) groups is 1. The third-order valence-electron chi connectivity index (χ3n) is 5.05. The van der Waals surface area contributed by atoms with E-state index in [2.05, 4.69) is 9.89 Å². The molecule has 2 N–H and O–H groups in total. The Hall–Kier alpha value is -2.55. The number of benzene rings is 1. The minimum atomic E-state index is -4.77. The maximum Gasteiger partial charge on any atom is 0.573 e. The summed E-state index contributed by atoms with van der Waals surface area (Å²) in [5, 5.41) is 3.86. The lowest BCUT2D eigenvalue weighted by Gasteiger charge is -2.35. The molecular weight excluding hydrogens is 387 g/mol. The summed E-state index contributed by atoms with van der Waals surface area (Å²) in [4.78, 5) is 14.8. The number of hydrogen-bond donors (Lipinski definition) is 1. The van der Waals surface area contributed by atoms with Gasteiger partial charge in [0.05, 0.1) is 0 Å². The predicted molar refractivity (Wildman–Crippen MR) is 99.1 cm³/mol. The Morgan fingerprint density at radius 1 is 1.28 bits per heavy atom. The fourth-order valence-corrected chi connectivity index (χ4v) is 3.55. The molecule has 0 aliphatic heterocycles. The van der Waals surface area contributed by atoms with Gasteiger partial charge in [0.25, 0.3) is 5.91 Å². The molecule has 1 aromatic heterocycles. The summed E-state index contributed by atoms with van der Waals surface area (Å²) in [6.07, 6.45) is -1.15. The van der Waals surface area contributed by atoms with Gasteiger partial charge in [-0.25, -0.2) is 0 Å². The van der Waals surface area contributed by atoms with E-state index in [0.29, 0.717) is 17.7 Å².